The Kier molecular flexibility index (Phi) is 3.95. The van der Waals surface area contributed by atoms with E-state index in [2.05, 4.69) is 0 Å². The van der Waals surface area contributed by atoms with Crippen LogP contribution >= 0.6 is 0 Å². The summed E-state index contributed by atoms with van der Waals surface area (Å²) in [5, 5.41) is 18.3. The molecule has 1 heterocycles. The van der Waals surface area contributed by atoms with Gasteiger partial charge in [0.15, 0.2) is 4.90 Å². The van der Waals surface area contributed by atoms with Crippen molar-refractivity contribution in [2.75, 3.05) is 6.54 Å². The second-order valence-electron chi connectivity index (χ2n) is 4.52. The average molecular weight is 325 g/mol. The van der Waals surface area contributed by atoms with Gasteiger partial charge in [-0.3, -0.25) is 4.79 Å². The molecule has 0 bridgehead atoms. The normalized spacial score (nSPS) is 23.4. The fourth-order valence-corrected chi connectivity index (χ4v) is 3.89. The van der Waals surface area contributed by atoms with Gasteiger partial charge in [-0.25, -0.2) is 21.6 Å². The van der Waals surface area contributed by atoms with E-state index in [0.717, 1.165) is 0 Å². The van der Waals surface area contributed by atoms with Gasteiger partial charge in [0.1, 0.15) is 23.5 Å². The van der Waals surface area contributed by atoms with E-state index < -0.39 is 63.5 Å². The number of rotatable bonds is 3. The van der Waals surface area contributed by atoms with Crippen molar-refractivity contribution in [1.82, 2.24) is 4.31 Å². The number of carboxylic acids is 1. The van der Waals surface area contributed by atoms with Crippen molar-refractivity contribution in [1.29, 1.82) is 0 Å². The fourth-order valence-electron chi connectivity index (χ4n) is 2.17. The first-order valence-electron chi connectivity index (χ1n) is 5.72. The SMILES string of the molecule is O=C(O)[C@H]1C[C@@H](O)CN1S(=O)(=O)c1c(F)cc(F)cc1F. The molecule has 1 aliphatic rings. The molecule has 0 aliphatic carbocycles. The maximum absolute atomic E-state index is 13.6. The van der Waals surface area contributed by atoms with Crippen molar-refractivity contribution in [3.05, 3.63) is 29.6 Å². The summed E-state index contributed by atoms with van der Waals surface area (Å²) in [4.78, 5) is 9.55. The van der Waals surface area contributed by atoms with Gasteiger partial charge in [-0.15, -0.1) is 0 Å². The van der Waals surface area contributed by atoms with Crippen LogP contribution in [0.2, 0.25) is 0 Å². The molecule has 116 valence electrons. The summed E-state index contributed by atoms with van der Waals surface area (Å²) in [5.74, 6) is -6.20. The molecule has 10 heteroatoms. The number of hydrogen-bond acceptors (Lipinski definition) is 4. The molecule has 2 atom stereocenters. The molecule has 0 saturated carbocycles. The number of aliphatic hydroxyl groups excluding tert-OH is 1. The topological polar surface area (TPSA) is 94.9 Å². The van der Waals surface area contributed by atoms with Gasteiger partial charge in [-0.2, -0.15) is 4.31 Å². The van der Waals surface area contributed by atoms with Crippen LogP contribution in [-0.2, 0) is 14.8 Å². The number of carboxylic acid groups (broad SMARTS) is 1. The summed E-state index contributed by atoms with van der Waals surface area (Å²) < 4.78 is 64.7. The standard InChI is InChI=1S/C11H10F3NO5S/c12-5-1-7(13)10(8(14)2-5)21(19,20)15-4-6(16)3-9(15)11(17)18/h1-2,6,9,16H,3-4H2,(H,17,18)/t6-,9-/m1/s1. The summed E-state index contributed by atoms with van der Waals surface area (Å²) >= 11 is 0. The van der Waals surface area contributed by atoms with Crippen LogP contribution in [0.5, 0.6) is 0 Å². The lowest BCUT2D eigenvalue weighted by Crippen LogP contribution is -2.41. The Morgan fingerprint density at radius 1 is 1.24 bits per heavy atom. The minimum absolute atomic E-state index is 0.179. The lowest BCUT2D eigenvalue weighted by Gasteiger charge is -2.21. The third-order valence-electron chi connectivity index (χ3n) is 3.05. The van der Waals surface area contributed by atoms with Crippen molar-refractivity contribution >= 4 is 16.0 Å². The number of hydrogen-bond donors (Lipinski definition) is 2. The molecule has 0 amide bonds. The molecule has 0 spiro atoms. The van der Waals surface area contributed by atoms with Crippen molar-refractivity contribution in [2.45, 2.75) is 23.5 Å². The Hall–Kier alpha value is -1.65. The van der Waals surface area contributed by atoms with Gasteiger partial charge < -0.3 is 10.2 Å². The van der Waals surface area contributed by atoms with Crippen molar-refractivity contribution in [3.63, 3.8) is 0 Å². The molecule has 21 heavy (non-hydrogen) atoms. The molecular formula is C11H10F3NO5S. The fraction of sp³-hybridized carbons (Fsp3) is 0.364. The lowest BCUT2D eigenvalue weighted by atomic mass is 10.2. The summed E-state index contributed by atoms with van der Waals surface area (Å²) in [5.41, 5.74) is 0. The molecule has 1 aromatic carbocycles. The van der Waals surface area contributed by atoms with Crippen LogP contribution in [0, 0.1) is 17.5 Å². The predicted molar refractivity (Wildman–Crippen MR) is 62.3 cm³/mol. The number of benzene rings is 1. The Bertz CT molecular complexity index is 670. The van der Waals surface area contributed by atoms with Gasteiger partial charge in [-0.05, 0) is 0 Å². The van der Waals surface area contributed by atoms with E-state index in [9.17, 15) is 31.5 Å². The number of sulfonamides is 1. The average Bonchev–Trinajstić information content (AvgIpc) is 2.70. The largest absolute Gasteiger partial charge is 0.480 e. The highest BCUT2D eigenvalue weighted by atomic mass is 32.2. The van der Waals surface area contributed by atoms with Gasteiger partial charge >= 0.3 is 5.97 Å². The second-order valence-corrected chi connectivity index (χ2v) is 6.34. The molecule has 2 rings (SSSR count). The first kappa shape index (κ1) is 15.7. The van der Waals surface area contributed by atoms with E-state index in [1.54, 1.807) is 0 Å². The highest BCUT2D eigenvalue weighted by Crippen LogP contribution is 2.30. The molecule has 0 unspecified atom stereocenters. The van der Waals surface area contributed by atoms with E-state index in [1.165, 1.54) is 0 Å². The zero-order chi connectivity index (χ0) is 15.9. The molecule has 1 saturated heterocycles. The Labute approximate surface area is 117 Å². The summed E-state index contributed by atoms with van der Waals surface area (Å²) in [6, 6.07) is -1.29. The molecule has 0 aromatic heterocycles. The lowest BCUT2D eigenvalue weighted by molar-refractivity contribution is -0.140. The molecule has 2 N–H and O–H groups in total. The number of halogens is 3. The Morgan fingerprint density at radius 3 is 2.24 bits per heavy atom. The summed E-state index contributed by atoms with van der Waals surface area (Å²) in [6.07, 6.45) is -1.67. The molecule has 1 aliphatic heterocycles. The Morgan fingerprint density at radius 2 is 1.76 bits per heavy atom. The van der Waals surface area contributed by atoms with E-state index in [4.69, 9.17) is 5.11 Å². The molecule has 0 radical (unpaired) electrons. The van der Waals surface area contributed by atoms with Crippen LogP contribution < -0.4 is 0 Å². The monoisotopic (exact) mass is 325 g/mol. The highest BCUT2D eigenvalue weighted by molar-refractivity contribution is 7.89. The van der Waals surface area contributed by atoms with Gasteiger partial charge in [0.25, 0.3) is 0 Å². The molecule has 1 aromatic rings. The van der Waals surface area contributed by atoms with E-state index in [1.807, 2.05) is 0 Å². The van der Waals surface area contributed by atoms with Crippen LogP contribution in [0.15, 0.2) is 17.0 Å². The first-order chi connectivity index (χ1) is 9.64. The summed E-state index contributed by atoms with van der Waals surface area (Å²) in [7, 11) is -4.87. The van der Waals surface area contributed by atoms with Gasteiger partial charge in [0.2, 0.25) is 10.0 Å². The van der Waals surface area contributed by atoms with Crippen LogP contribution in [0.25, 0.3) is 0 Å². The number of β-amino-alcohol motifs (C(OH)–C–C–N with tert-alkyl or cyclic N) is 1. The number of carbonyl (C=O) groups is 1. The van der Waals surface area contributed by atoms with Gasteiger partial charge in [0.05, 0.1) is 6.10 Å². The number of aliphatic hydroxyl groups is 1. The minimum Gasteiger partial charge on any atom is -0.480 e. The van der Waals surface area contributed by atoms with Gasteiger partial charge in [0, 0.05) is 25.1 Å². The number of aliphatic carboxylic acids is 1. The maximum atomic E-state index is 13.6. The van der Waals surface area contributed by atoms with Crippen LogP contribution in [0.3, 0.4) is 0 Å². The van der Waals surface area contributed by atoms with Crippen molar-refractivity contribution < 1.29 is 36.6 Å². The van der Waals surface area contributed by atoms with Crippen LogP contribution in [0.1, 0.15) is 6.42 Å². The third kappa shape index (κ3) is 2.74. The Balaban J connectivity index is 2.55. The third-order valence-corrected chi connectivity index (χ3v) is 4.98. The predicted octanol–water partition coefficient (Wildman–Crippen LogP) is 0.312. The zero-order valence-corrected chi connectivity index (χ0v) is 11.1. The number of nitrogens with zero attached hydrogens (tertiary/aromatic N) is 1. The van der Waals surface area contributed by atoms with Crippen LogP contribution in [0.4, 0.5) is 13.2 Å². The summed E-state index contributed by atoms with van der Waals surface area (Å²) in [6.45, 7) is -0.616. The molecule has 1 fully saturated rings. The van der Waals surface area contributed by atoms with Crippen LogP contribution in [-0.4, -0.2) is 47.6 Å². The van der Waals surface area contributed by atoms with Gasteiger partial charge in [-0.1, -0.05) is 0 Å². The zero-order valence-electron chi connectivity index (χ0n) is 10.3. The minimum atomic E-state index is -4.87. The van der Waals surface area contributed by atoms with E-state index >= 15 is 0 Å². The van der Waals surface area contributed by atoms with Crippen molar-refractivity contribution in [3.8, 4) is 0 Å². The van der Waals surface area contributed by atoms with E-state index in [0.29, 0.717) is 4.31 Å². The molecular weight excluding hydrogens is 315 g/mol. The maximum Gasteiger partial charge on any atom is 0.322 e. The van der Waals surface area contributed by atoms with Crippen molar-refractivity contribution in [2.24, 2.45) is 0 Å². The molecule has 6 nitrogen and oxygen atoms in total. The smallest absolute Gasteiger partial charge is 0.322 e. The second kappa shape index (κ2) is 5.28. The quantitative estimate of drug-likeness (QED) is 0.834. The first-order valence-corrected chi connectivity index (χ1v) is 7.16. The van der Waals surface area contributed by atoms with E-state index in [-0.39, 0.29) is 12.1 Å². The highest BCUT2D eigenvalue weighted by Gasteiger charge is 2.45.